The first-order chi connectivity index (χ1) is 16.2. The fourth-order valence-electron chi connectivity index (χ4n) is 3.62. The molecule has 3 aromatic heterocycles. The Kier molecular flexibility index (Phi) is 5.24. The van der Waals surface area contributed by atoms with Crippen molar-refractivity contribution in [3.63, 3.8) is 0 Å². The van der Waals surface area contributed by atoms with Gasteiger partial charge in [0.05, 0.1) is 16.8 Å². The van der Waals surface area contributed by atoms with E-state index in [1.54, 1.807) is 54.2 Å². The molecule has 0 bridgehead atoms. The maximum absolute atomic E-state index is 13.6. The zero-order valence-electron chi connectivity index (χ0n) is 17.5. The van der Waals surface area contributed by atoms with Gasteiger partial charge in [0.1, 0.15) is 11.0 Å². The van der Waals surface area contributed by atoms with E-state index in [2.05, 4.69) is 15.2 Å². The molecule has 2 aromatic carbocycles. The molecule has 5 rings (SSSR count). The van der Waals surface area contributed by atoms with Crippen molar-refractivity contribution in [2.24, 2.45) is 7.05 Å². The molecular weight excluding hydrogens is 471 g/mol. The summed E-state index contributed by atoms with van der Waals surface area (Å²) in [5.41, 5.74) is 1.81. The van der Waals surface area contributed by atoms with Gasteiger partial charge in [0.15, 0.2) is 6.61 Å². The first-order valence-electron chi connectivity index (χ1n) is 10.0. The second kappa shape index (κ2) is 8.14. The van der Waals surface area contributed by atoms with Crippen molar-refractivity contribution in [2.45, 2.75) is 6.18 Å². The molecule has 172 valence electrons. The molecule has 5 aromatic rings. The van der Waals surface area contributed by atoms with Crippen molar-refractivity contribution >= 4 is 33.5 Å². The first kappa shape index (κ1) is 21.9. The van der Waals surface area contributed by atoms with Crippen LogP contribution < -0.4 is 10.3 Å². The van der Waals surface area contributed by atoms with Gasteiger partial charge in [0, 0.05) is 29.7 Å². The summed E-state index contributed by atoms with van der Waals surface area (Å²) in [7, 11) is 1.79. The van der Waals surface area contributed by atoms with Crippen LogP contribution in [0.2, 0.25) is 5.02 Å². The molecule has 0 atom stereocenters. The zero-order valence-corrected chi connectivity index (χ0v) is 18.3. The topological polar surface area (TPSA) is 74.8 Å². The van der Waals surface area contributed by atoms with Crippen molar-refractivity contribution in [3.05, 3.63) is 76.2 Å². The van der Waals surface area contributed by atoms with Gasteiger partial charge in [-0.15, -0.1) is 0 Å². The van der Waals surface area contributed by atoms with Crippen LogP contribution in [0.3, 0.4) is 0 Å². The number of rotatable bonds is 4. The normalized spacial score (nSPS) is 11.9. The molecule has 0 N–H and O–H groups in total. The number of alkyl halides is 3. The molecule has 3 heterocycles. The van der Waals surface area contributed by atoms with Gasteiger partial charge in [-0.05, 0) is 42.0 Å². The first-order valence-corrected chi connectivity index (χ1v) is 10.4. The fraction of sp³-hybridized carbons (Fsp3) is 0.130. The standard InChI is InChI=1S/C23H15ClF3N5O2/c1-31-11-14-10-16(6-7-17(14)29-31)32-22(33)20(13-2-4-15(24)5-3-13)21-18(30-32)8-9-19(28-21)34-12-23(25,26)27/h2-11H,12H2,1H3. The third kappa shape index (κ3) is 4.19. The van der Waals surface area contributed by atoms with Gasteiger partial charge < -0.3 is 4.74 Å². The van der Waals surface area contributed by atoms with Gasteiger partial charge in [-0.2, -0.15) is 28.1 Å². The minimum Gasteiger partial charge on any atom is -0.468 e. The lowest BCUT2D eigenvalue weighted by atomic mass is 10.1. The lowest BCUT2D eigenvalue weighted by Crippen LogP contribution is -2.24. The molecule has 0 saturated heterocycles. The lowest BCUT2D eigenvalue weighted by molar-refractivity contribution is -0.154. The second-order valence-electron chi connectivity index (χ2n) is 7.57. The Bertz CT molecular complexity index is 1590. The number of halogens is 4. The van der Waals surface area contributed by atoms with E-state index in [9.17, 15) is 18.0 Å². The summed E-state index contributed by atoms with van der Waals surface area (Å²) in [4.78, 5) is 17.8. The number of nitrogens with zero attached hydrogens (tertiary/aromatic N) is 5. The summed E-state index contributed by atoms with van der Waals surface area (Å²) in [5.74, 6) is -0.268. The molecule has 7 nitrogen and oxygen atoms in total. The molecule has 0 amide bonds. The quantitative estimate of drug-likeness (QED) is 0.361. The van der Waals surface area contributed by atoms with Gasteiger partial charge in [0.25, 0.3) is 5.56 Å². The number of hydrogen-bond donors (Lipinski definition) is 0. The Balaban J connectivity index is 1.73. The van der Waals surface area contributed by atoms with Crippen LogP contribution >= 0.6 is 11.6 Å². The van der Waals surface area contributed by atoms with Gasteiger partial charge >= 0.3 is 6.18 Å². The molecule has 0 fully saturated rings. The third-order valence-corrected chi connectivity index (χ3v) is 5.31. The van der Waals surface area contributed by atoms with E-state index in [1.165, 1.54) is 16.8 Å². The molecule has 0 radical (unpaired) electrons. The van der Waals surface area contributed by atoms with E-state index < -0.39 is 18.3 Å². The Hall–Kier alpha value is -3.92. The van der Waals surface area contributed by atoms with Crippen LogP contribution in [0.25, 0.3) is 38.8 Å². The van der Waals surface area contributed by atoms with Gasteiger partial charge in [-0.1, -0.05) is 23.7 Å². The smallest absolute Gasteiger partial charge is 0.422 e. The minimum atomic E-state index is -4.53. The highest BCUT2D eigenvalue weighted by molar-refractivity contribution is 6.30. The number of ether oxygens (including phenoxy) is 1. The average molecular weight is 486 g/mol. The molecular formula is C23H15ClF3N5O2. The van der Waals surface area contributed by atoms with E-state index in [-0.39, 0.29) is 17.0 Å². The maximum Gasteiger partial charge on any atom is 0.422 e. The van der Waals surface area contributed by atoms with Crippen molar-refractivity contribution < 1.29 is 17.9 Å². The minimum absolute atomic E-state index is 0.116. The molecule has 0 unspecified atom stereocenters. The van der Waals surface area contributed by atoms with E-state index in [0.717, 1.165) is 10.9 Å². The number of pyridine rings is 1. The van der Waals surface area contributed by atoms with Gasteiger partial charge in [0.2, 0.25) is 5.88 Å². The molecule has 34 heavy (non-hydrogen) atoms. The third-order valence-electron chi connectivity index (χ3n) is 5.06. The van der Waals surface area contributed by atoms with Crippen LogP contribution in [-0.2, 0) is 7.05 Å². The summed E-state index contributed by atoms with van der Waals surface area (Å²) >= 11 is 6.01. The predicted molar refractivity (Wildman–Crippen MR) is 121 cm³/mol. The van der Waals surface area contributed by atoms with E-state index in [0.29, 0.717) is 21.8 Å². The summed E-state index contributed by atoms with van der Waals surface area (Å²) in [5, 5.41) is 10.0. The van der Waals surface area contributed by atoms with Crippen molar-refractivity contribution in [3.8, 4) is 22.7 Å². The molecule has 0 spiro atoms. The molecule has 0 saturated carbocycles. The summed E-state index contributed by atoms with van der Waals surface area (Å²) < 4.78 is 45.5. The van der Waals surface area contributed by atoms with Crippen LogP contribution in [0.5, 0.6) is 5.88 Å². The van der Waals surface area contributed by atoms with Crippen LogP contribution in [0.15, 0.2) is 65.6 Å². The van der Waals surface area contributed by atoms with Crippen LogP contribution in [0, 0.1) is 0 Å². The zero-order chi connectivity index (χ0) is 24.0. The largest absolute Gasteiger partial charge is 0.468 e. The number of hydrogen-bond acceptors (Lipinski definition) is 5. The second-order valence-corrected chi connectivity index (χ2v) is 8.00. The van der Waals surface area contributed by atoms with E-state index in [1.807, 2.05) is 6.20 Å². The van der Waals surface area contributed by atoms with Crippen molar-refractivity contribution in [1.82, 2.24) is 24.5 Å². The Morgan fingerprint density at radius 2 is 1.74 bits per heavy atom. The van der Waals surface area contributed by atoms with Crippen LogP contribution in [0.4, 0.5) is 13.2 Å². The number of benzene rings is 2. The number of fused-ring (bicyclic) bond motifs is 2. The number of aromatic nitrogens is 5. The summed E-state index contributed by atoms with van der Waals surface area (Å²) in [6.07, 6.45) is -2.71. The molecule has 11 heteroatoms. The highest BCUT2D eigenvalue weighted by Gasteiger charge is 2.29. The Labute approximate surface area is 195 Å². The summed E-state index contributed by atoms with van der Waals surface area (Å²) in [6, 6.07) is 14.5. The molecule has 0 aliphatic carbocycles. The van der Waals surface area contributed by atoms with E-state index in [4.69, 9.17) is 16.3 Å². The summed E-state index contributed by atoms with van der Waals surface area (Å²) in [6.45, 7) is -1.50. The Morgan fingerprint density at radius 3 is 2.47 bits per heavy atom. The van der Waals surface area contributed by atoms with Gasteiger partial charge in [-0.3, -0.25) is 9.48 Å². The highest BCUT2D eigenvalue weighted by Crippen LogP contribution is 2.28. The Morgan fingerprint density at radius 1 is 1.00 bits per heavy atom. The van der Waals surface area contributed by atoms with Crippen LogP contribution in [-0.4, -0.2) is 37.3 Å². The van der Waals surface area contributed by atoms with Crippen molar-refractivity contribution in [1.29, 1.82) is 0 Å². The highest BCUT2D eigenvalue weighted by atomic mass is 35.5. The fourth-order valence-corrected chi connectivity index (χ4v) is 3.74. The SMILES string of the molecule is Cn1cc2cc(-n3nc4ccc(OCC(F)(F)F)nc4c(-c4ccc(Cl)cc4)c3=O)ccc2n1. The maximum atomic E-state index is 13.6. The lowest BCUT2D eigenvalue weighted by Gasteiger charge is -2.13. The predicted octanol–water partition coefficient (Wildman–Crippen LogP) is 4.93. The molecule has 0 aliphatic heterocycles. The molecule has 0 aliphatic rings. The average Bonchev–Trinajstić information content (AvgIpc) is 3.17. The van der Waals surface area contributed by atoms with E-state index >= 15 is 0 Å². The van der Waals surface area contributed by atoms with Gasteiger partial charge in [-0.25, -0.2) is 4.98 Å². The van der Waals surface area contributed by atoms with Crippen molar-refractivity contribution in [2.75, 3.05) is 6.61 Å². The monoisotopic (exact) mass is 485 g/mol. The van der Waals surface area contributed by atoms with Crippen LogP contribution in [0.1, 0.15) is 0 Å². The number of aryl methyl sites for hydroxylation is 1.